The topological polar surface area (TPSA) is 40.6 Å². The lowest BCUT2D eigenvalue weighted by Crippen LogP contribution is -2.69. The molecule has 0 unspecified atom stereocenters. The van der Waals surface area contributed by atoms with Crippen molar-refractivity contribution in [3.05, 3.63) is 0 Å². The van der Waals surface area contributed by atoms with Crippen molar-refractivity contribution in [1.29, 1.82) is 0 Å². The Morgan fingerprint density at radius 2 is 1.36 bits per heavy atom. The van der Waals surface area contributed by atoms with Gasteiger partial charge in [0, 0.05) is 27.9 Å². The van der Waals surface area contributed by atoms with Crippen LogP contribution in [0.5, 0.6) is 0 Å². The van der Waals surface area contributed by atoms with Gasteiger partial charge in [-0.2, -0.15) is 0 Å². The van der Waals surface area contributed by atoms with Gasteiger partial charge in [-0.3, -0.25) is 9.59 Å². The Balaban J connectivity index is 2.86. The summed E-state index contributed by atoms with van der Waals surface area (Å²) in [6, 6.07) is 2.05. The number of carbonyl (C=O) groups excluding carboxylic acids is 2. The van der Waals surface area contributed by atoms with E-state index in [2.05, 4.69) is 0 Å². The minimum absolute atomic E-state index is 0.0736. The maximum absolute atomic E-state index is 11.3. The first-order valence-electron chi connectivity index (χ1n) is 4.90. The Morgan fingerprint density at radius 3 is 1.50 bits per heavy atom. The molecule has 1 fully saturated rings. The third kappa shape index (κ3) is 1.56. The summed E-state index contributed by atoms with van der Waals surface area (Å²) < 4.78 is 3.63. The van der Waals surface area contributed by atoms with Crippen LogP contribution in [-0.4, -0.2) is 43.4 Å². The normalized spacial score (nSPS) is 18.3. The summed E-state index contributed by atoms with van der Waals surface area (Å²) in [4.78, 5) is 22.7. The average Bonchev–Trinajstić information content (AvgIpc) is 2.01. The van der Waals surface area contributed by atoms with Crippen molar-refractivity contribution in [2.24, 2.45) is 0 Å². The van der Waals surface area contributed by atoms with Crippen LogP contribution in [0.4, 0.5) is 0 Å². The molecule has 2 amide bonds. The Hall–Kier alpha value is -0.843. The molecule has 0 atom stereocenters. The highest BCUT2D eigenvalue weighted by Crippen LogP contribution is 2.36. The first-order valence-corrected chi connectivity index (χ1v) is 7.21. The van der Waals surface area contributed by atoms with Gasteiger partial charge in [-0.25, -0.2) is 0 Å². The molecule has 1 aliphatic rings. The summed E-state index contributed by atoms with van der Waals surface area (Å²) in [5, 5.41) is 0. The molecule has 0 aromatic heterocycles. The minimum Gasteiger partial charge on any atom is -0.354 e. The van der Waals surface area contributed by atoms with Crippen molar-refractivity contribution >= 4 is 20.2 Å². The maximum Gasteiger partial charge on any atom is 0.268 e. The Kier molecular flexibility index (Phi) is 2.99. The second-order valence-corrected chi connectivity index (χ2v) is 8.30. The molecule has 0 aromatic carbocycles. The number of amides is 2. The summed E-state index contributed by atoms with van der Waals surface area (Å²) >= 11 is 0. The van der Waals surface area contributed by atoms with Gasteiger partial charge in [-0.15, -0.1) is 0 Å². The molecule has 14 heavy (non-hydrogen) atoms. The van der Waals surface area contributed by atoms with Crippen LogP contribution in [0.3, 0.4) is 0 Å². The molecular weight excluding hydrogens is 196 g/mol. The third-order valence-electron chi connectivity index (χ3n) is 3.35. The highest BCUT2D eigenvalue weighted by atomic mass is 28.4. The number of rotatable bonds is 2. The molecule has 1 saturated heterocycles. The lowest BCUT2D eigenvalue weighted by Gasteiger charge is -2.50. The summed E-state index contributed by atoms with van der Waals surface area (Å²) in [5.74, 6) is 0.147. The van der Waals surface area contributed by atoms with Gasteiger partial charge in [0.2, 0.25) is 11.8 Å². The first kappa shape index (κ1) is 11.2. The predicted molar refractivity (Wildman–Crippen MR) is 56.9 cm³/mol. The van der Waals surface area contributed by atoms with E-state index in [9.17, 15) is 9.59 Å². The number of carbonyl (C=O) groups is 2. The van der Waals surface area contributed by atoms with Crippen molar-refractivity contribution < 1.29 is 9.59 Å². The van der Waals surface area contributed by atoms with Gasteiger partial charge >= 0.3 is 0 Å². The number of hydrogen-bond acceptors (Lipinski definition) is 2. The lowest BCUT2D eigenvalue weighted by molar-refractivity contribution is -0.126. The van der Waals surface area contributed by atoms with Crippen LogP contribution in [0.15, 0.2) is 0 Å². The SMILES string of the molecule is CC(=O)N(C)[Si]1(N(C)C(C)=O)CCC1. The Bertz CT molecular complexity index is 242. The van der Waals surface area contributed by atoms with Crippen LogP contribution in [-0.2, 0) is 9.59 Å². The summed E-state index contributed by atoms with van der Waals surface area (Å²) in [5.41, 5.74) is 0. The maximum atomic E-state index is 11.3. The van der Waals surface area contributed by atoms with Gasteiger partial charge < -0.3 is 9.13 Å². The van der Waals surface area contributed by atoms with E-state index in [0.29, 0.717) is 0 Å². The van der Waals surface area contributed by atoms with Gasteiger partial charge in [0.05, 0.1) is 0 Å². The molecule has 0 N–H and O–H groups in total. The fourth-order valence-electron chi connectivity index (χ4n) is 1.97. The van der Waals surface area contributed by atoms with Crippen LogP contribution < -0.4 is 0 Å². The van der Waals surface area contributed by atoms with Gasteiger partial charge in [0.25, 0.3) is 8.40 Å². The largest absolute Gasteiger partial charge is 0.354 e. The first-order chi connectivity index (χ1) is 6.42. The van der Waals surface area contributed by atoms with Crippen molar-refractivity contribution in [2.45, 2.75) is 32.4 Å². The van der Waals surface area contributed by atoms with E-state index in [1.54, 1.807) is 13.8 Å². The molecule has 0 spiro atoms. The van der Waals surface area contributed by atoms with Crippen LogP contribution in [0, 0.1) is 0 Å². The van der Waals surface area contributed by atoms with Crippen LogP contribution >= 0.6 is 0 Å². The molecule has 1 heterocycles. The summed E-state index contributed by atoms with van der Waals surface area (Å²) in [6.07, 6.45) is 1.14. The molecule has 0 aromatic rings. The minimum atomic E-state index is -1.91. The lowest BCUT2D eigenvalue weighted by atomic mass is 10.5. The van der Waals surface area contributed by atoms with Gasteiger partial charge in [-0.05, 0) is 12.1 Å². The standard InChI is InChI=1S/C9H18N2O2Si/c1-8(12)10(3)14(6-5-7-14)11(4)9(2)13/h5-7H2,1-4H3. The van der Waals surface area contributed by atoms with E-state index >= 15 is 0 Å². The molecule has 0 radical (unpaired) electrons. The van der Waals surface area contributed by atoms with Crippen LogP contribution in [0.25, 0.3) is 0 Å². The van der Waals surface area contributed by atoms with Gasteiger partial charge in [0.15, 0.2) is 0 Å². The molecule has 80 valence electrons. The van der Waals surface area contributed by atoms with E-state index in [4.69, 9.17) is 0 Å². The molecule has 0 saturated carbocycles. The van der Waals surface area contributed by atoms with Crippen molar-refractivity contribution in [2.75, 3.05) is 14.1 Å². The number of nitrogens with zero attached hydrogens (tertiary/aromatic N) is 2. The quantitative estimate of drug-likeness (QED) is 0.638. The summed E-state index contributed by atoms with van der Waals surface area (Å²) in [6.45, 7) is 3.14. The Labute approximate surface area is 86.0 Å². The molecule has 0 bridgehead atoms. The number of hydrogen-bond donors (Lipinski definition) is 0. The Morgan fingerprint density at radius 1 is 1.00 bits per heavy atom. The van der Waals surface area contributed by atoms with Crippen LogP contribution in [0.1, 0.15) is 20.3 Å². The molecule has 4 nitrogen and oxygen atoms in total. The molecule has 0 aliphatic carbocycles. The van der Waals surface area contributed by atoms with E-state index in [1.807, 2.05) is 23.2 Å². The predicted octanol–water partition coefficient (Wildman–Crippen LogP) is 0.789. The van der Waals surface area contributed by atoms with E-state index in [-0.39, 0.29) is 11.8 Å². The zero-order valence-corrected chi connectivity index (χ0v) is 10.3. The molecule has 1 aliphatic heterocycles. The highest BCUT2D eigenvalue weighted by Gasteiger charge is 2.50. The molecular formula is C9H18N2O2Si. The second kappa shape index (κ2) is 3.72. The monoisotopic (exact) mass is 214 g/mol. The zero-order valence-electron chi connectivity index (χ0n) is 9.33. The summed E-state index contributed by atoms with van der Waals surface area (Å²) in [7, 11) is 1.74. The van der Waals surface area contributed by atoms with E-state index < -0.39 is 8.40 Å². The molecule has 1 rings (SSSR count). The fraction of sp³-hybridized carbons (Fsp3) is 0.778. The fourth-order valence-corrected chi connectivity index (χ4v) is 5.92. The highest BCUT2D eigenvalue weighted by molar-refractivity contribution is 6.80. The van der Waals surface area contributed by atoms with E-state index in [1.165, 1.54) is 0 Å². The molecule has 5 heteroatoms. The smallest absolute Gasteiger partial charge is 0.268 e. The zero-order chi connectivity index (χ0) is 10.9. The van der Waals surface area contributed by atoms with Crippen LogP contribution in [0.2, 0.25) is 12.1 Å². The third-order valence-corrected chi connectivity index (χ3v) is 8.78. The average molecular weight is 214 g/mol. The van der Waals surface area contributed by atoms with Gasteiger partial charge in [0.1, 0.15) is 0 Å². The van der Waals surface area contributed by atoms with Crippen molar-refractivity contribution in [3.8, 4) is 0 Å². The van der Waals surface area contributed by atoms with Crippen molar-refractivity contribution in [1.82, 2.24) is 9.13 Å². The van der Waals surface area contributed by atoms with Gasteiger partial charge in [-0.1, -0.05) is 6.42 Å². The second-order valence-electron chi connectivity index (χ2n) is 3.99. The van der Waals surface area contributed by atoms with Crippen molar-refractivity contribution in [3.63, 3.8) is 0 Å². The van der Waals surface area contributed by atoms with E-state index in [0.717, 1.165) is 18.5 Å².